The van der Waals surface area contributed by atoms with Crippen LogP contribution < -0.4 is 4.74 Å². The zero-order valence-electron chi connectivity index (χ0n) is 10.2. The fourth-order valence-corrected chi connectivity index (χ4v) is 1.34. The first-order valence-corrected chi connectivity index (χ1v) is 5.41. The van der Waals surface area contributed by atoms with Crippen molar-refractivity contribution >= 4 is 5.97 Å². The monoisotopic (exact) mass is 222 g/mol. The normalized spacial score (nSPS) is 12.6. The first-order valence-electron chi connectivity index (χ1n) is 5.41. The molecule has 1 aromatic carbocycles. The molecule has 16 heavy (non-hydrogen) atoms. The van der Waals surface area contributed by atoms with Gasteiger partial charge in [-0.25, -0.2) is 4.79 Å². The Balaban J connectivity index is 2.94. The number of ether oxygens (including phenoxy) is 1. The van der Waals surface area contributed by atoms with Crippen molar-refractivity contribution in [3.63, 3.8) is 0 Å². The Labute approximate surface area is 96.1 Å². The fraction of sp³-hybridized carbons (Fsp3) is 0.462. The molecular formula is C13H18O3. The quantitative estimate of drug-likeness (QED) is 0.851. The van der Waals surface area contributed by atoms with Crippen LogP contribution in [0.25, 0.3) is 0 Å². The van der Waals surface area contributed by atoms with Crippen LogP contribution in [0.5, 0.6) is 5.75 Å². The topological polar surface area (TPSA) is 46.5 Å². The van der Waals surface area contributed by atoms with Gasteiger partial charge in [0.15, 0.2) is 6.10 Å². The van der Waals surface area contributed by atoms with E-state index in [1.165, 1.54) is 6.92 Å². The van der Waals surface area contributed by atoms with Gasteiger partial charge in [-0.15, -0.1) is 0 Å². The lowest BCUT2D eigenvalue weighted by Crippen LogP contribution is -2.23. The second-order valence-electron chi connectivity index (χ2n) is 4.28. The van der Waals surface area contributed by atoms with Crippen molar-refractivity contribution in [2.75, 3.05) is 0 Å². The Bertz CT molecular complexity index is 383. The van der Waals surface area contributed by atoms with Crippen molar-refractivity contribution in [3.8, 4) is 5.75 Å². The SMILES string of the molecule is Cc1ccc(C(C)C)cc1O[C@@H](C)C(=O)O. The predicted octanol–water partition coefficient (Wildman–Crippen LogP) is 2.97. The van der Waals surface area contributed by atoms with Crippen LogP contribution in [0.1, 0.15) is 37.8 Å². The first-order chi connectivity index (χ1) is 7.41. The molecule has 1 N–H and O–H groups in total. The van der Waals surface area contributed by atoms with Crippen molar-refractivity contribution in [2.24, 2.45) is 0 Å². The van der Waals surface area contributed by atoms with Crippen LogP contribution in [0.2, 0.25) is 0 Å². The van der Waals surface area contributed by atoms with Gasteiger partial charge in [0.2, 0.25) is 0 Å². The van der Waals surface area contributed by atoms with Gasteiger partial charge in [0, 0.05) is 0 Å². The third kappa shape index (κ3) is 2.99. The van der Waals surface area contributed by atoms with Crippen molar-refractivity contribution in [3.05, 3.63) is 29.3 Å². The lowest BCUT2D eigenvalue weighted by molar-refractivity contribution is -0.144. The number of benzene rings is 1. The number of aryl methyl sites for hydroxylation is 1. The molecule has 0 aromatic heterocycles. The van der Waals surface area contributed by atoms with E-state index in [9.17, 15) is 4.79 Å². The highest BCUT2D eigenvalue weighted by Gasteiger charge is 2.14. The summed E-state index contributed by atoms with van der Waals surface area (Å²) < 4.78 is 5.40. The van der Waals surface area contributed by atoms with Crippen LogP contribution in [0.3, 0.4) is 0 Å². The lowest BCUT2D eigenvalue weighted by atomic mass is 10.0. The van der Waals surface area contributed by atoms with E-state index in [-0.39, 0.29) is 0 Å². The van der Waals surface area contributed by atoms with Crippen molar-refractivity contribution in [1.82, 2.24) is 0 Å². The summed E-state index contributed by atoms with van der Waals surface area (Å²) in [5.74, 6) is 0.110. The second-order valence-corrected chi connectivity index (χ2v) is 4.28. The average Bonchev–Trinajstić information content (AvgIpc) is 2.20. The zero-order valence-corrected chi connectivity index (χ0v) is 10.2. The molecule has 0 fully saturated rings. The molecule has 1 atom stereocenters. The molecule has 1 rings (SSSR count). The largest absolute Gasteiger partial charge is 0.479 e. The fourth-order valence-electron chi connectivity index (χ4n) is 1.34. The minimum Gasteiger partial charge on any atom is -0.479 e. The smallest absolute Gasteiger partial charge is 0.344 e. The summed E-state index contributed by atoms with van der Waals surface area (Å²) in [5, 5.41) is 8.79. The van der Waals surface area contributed by atoms with Crippen molar-refractivity contribution in [2.45, 2.75) is 39.7 Å². The molecule has 0 aliphatic rings. The molecular weight excluding hydrogens is 204 g/mol. The van der Waals surface area contributed by atoms with Crippen LogP contribution in [0.4, 0.5) is 0 Å². The van der Waals surface area contributed by atoms with Crippen LogP contribution in [0, 0.1) is 6.92 Å². The summed E-state index contributed by atoms with van der Waals surface area (Å²) in [6, 6.07) is 5.91. The Hall–Kier alpha value is -1.51. The molecule has 0 heterocycles. The van der Waals surface area contributed by atoms with Crippen LogP contribution in [-0.4, -0.2) is 17.2 Å². The Kier molecular flexibility index (Phi) is 3.93. The highest BCUT2D eigenvalue weighted by Crippen LogP contribution is 2.25. The molecule has 1 aromatic rings. The predicted molar refractivity (Wildman–Crippen MR) is 63.0 cm³/mol. The van der Waals surface area contributed by atoms with E-state index in [0.717, 1.165) is 11.1 Å². The number of rotatable bonds is 4. The van der Waals surface area contributed by atoms with E-state index in [4.69, 9.17) is 9.84 Å². The van der Waals surface area contributed by atoms with Gasteiger partial charge in [-0.2, -0.15) is 0 Å². The molecule has 0 unspecified atom stereocenters. The van der Waals surface area contributed by atoms with Gasteiger partial charge in [0.1, 0.15) is 5.75 Å². The van der Waals surface area contributed by atoms with E-state index >= 15 is 0 Å². The van der Waals surface area contributed by atoms with E-state index < -0.39 is 12.1 Å². The maximum absolute atomic E-state index is 10.7. The van der Waals surface area contributed by atoms with Gasteiger partial charge < -0.3 is 9.84 Å². The molecule has 0 bridgehead atoms. The summed E-state index contributed by atoms with van der Waals surface area (Å²) >= 11 is 0. The number of carboxylic acid groups (broad SMARTS) is 1. The Morgan fingerprint density at radius 2 is 1.94 bits per heavy atom. The van der Waals surface area contributed by atoms with E-state index in [1.54, 1.807) is 0 Å². The highest BCUT2D eigenvalue weighted by molar-refractivity contribution is 5.72. The van der Waals surface area contributed by atoms with E-state index in [0.29, 0.717) is 11.7 Å². The van der Waals surface area contributed by atoms with Crippen LogP contribution in [-0.2, 0) is 4.79 Å². The number of carboxylic acids is 1. The van der Waals surface area contributed by atoms with Crippen LogP contribution >= 0.6 is 0 Å². The van der Waals surface area contributed by atoms with Crippen LogP contribution in [0.15, 0.2) is 18.2 Å². The first kappa shape index (κ1) is 12.6. The molecule has 3 nitrogen and oxygen atoms in total. The molecule has 0 aliphatic carbocycles. The second kappa shape index (κ2) is 5.01. The molecule has 0 saturated carbocycles. The van der Waals surface area contributed by atoms with Gasteiger partial charge >= 0.3 is 5.97 Å². The number of carbonyl (C=O) groups is 1. The number of hydrogen-bond donors (Lipinski definition) is 1. The van der Waals surface area contributed by atoms with Gasteiger partial charge in [-0.3, -0.25) is 0 Å². The average molecular weight is 222 g/mol. The summed E-state index contributed by atoms with van der Waals surface area (Å²) in [6.45, 7) is 7.63. The third-order valence-electron chi connectivity index (χ3n) is 2.53. The van der Waals surface area contributed by atoms with Gasteiger partial charge in [-0.1, -0.05) is 26.0 Å². The Morgan fingerprint density at radius 1 is 1.31 bits per heavy atom. The molecule has 88 valence electrons. The standard InChI is InChI=1S/C13H18O3/c1-8(2)11-6-5-9(3)12(7-11)16-10(4)13(14)15/h5-8,10H,1-4H3,(H,14,15)/t10-/m0/s1. The molecule has 0 radical (unpaired) electrons. The summed E-state index contributed by atoms with van der Waals surface area (Å²) in [5.41, 5.74) is 2.11. The minimum atomic E-state index is -0.950. The maximum atomic E-state index is 10.7. The molecule has 0 spiro atoms. The summed E-state index contributed by atoms with van der Waals surface area (Å²) in [7, 11) is 0. The highest BCUT2D eigenvalue weighted by atomic mass is 16.5. The molecule has 0 amide bonds. The summed E-state index contributed by atoms with van der Waals surface area (Å²) in [6.07, 6.45) is -0.818. The third-order valence-corrected chi connectivity index (χ3v) is 2.53. The number of aliphatic carboxylic acids is 1. The summed E-state index contributed by atoms with van der Waals surface area (Å²) in [4.78, 5) is 10.7. The maximum Gasteiger partial charge on any atom is 0.344 e. The van der Waals surface area contributed by atoms with E-state index in [2.05, 4.69) is 13.8 Å². The van der Waals surface area contributed by atoms with Gasteiger partial charge in [0.05, 0.1) is 0 Å². The lowest BCUT2D eigenvalue weighted by Gasteiger charge is -2.15. The minimum absolute atomic E-state index is 0.406. The van der Waals surface area contributed by atoms with Gasteiger partial charge in [0.25, 0.3) is 0 Å². The number of hydrogen-bond acceptors (Lipinski definition) is 2. The zero-order chi connectivity index (χ0) is 12.3. The molecule has 0 saturated heterocycles. The molecule has 0 aliphatic heterocycles. The van der Waals surface area contributed by atoms with Gasteiger partial charge in [-0.05, 0) is 37.0 Å². The van der Waals surface area contributed by atoms with E-state index in [1.807, 2.05) is 25.1 Å². The Morgan fingerprint density at radius 3 is 2.44 bits per heavy atom. The van der Waals surface area contributed by atoms with Crippen molar-refractivity contribution < 1.29 is 14.6 Å². The molecule has 3 heteroatoms. The van der Waals surface area contributed by atoms with Crippen molar-refractivity contribution in [1.29, 1.82) is 0 Å².